The highest BCUT2D eigenvalue weighted by Crippen LogP contribution is 2.42. The van der Waals surface area contributed by atoms with E-state index >= 15 is 0 Å². The van der Waals surface area contributed by atoms with Crippen LogP contribution < -0.4 is 15.0 Å². The predicted molar refractivity (Wildman–Crippen MR) is 106 cm³/mol. The minimum absolute atomic E-state index is 0.0272. The van der Waals surface area contributed by atoms with Crippen molar-refractivity contribution in [2.24, 2.45) is 0 Å². The van der Waals surface area contributed by atoms with Gasteiger partial charge in [-0.2, -0.15) is 0 Å². The number of amides is 2. The van der Waals surface area contributed by atoms with Gasteiger partial charge in [0, 0.05) is 17.8 Å². The third kappa shape index (κ3) is 4.02. The number of rotatable bonds is 6. The number of carbonyl (C=O) groups is 2. The van der Waals surface area contributed by atoms with E-state index in [4.69, 9.17) is 4.74 Å². The van der Waals surface area contributed by atoms with Crippen molar-refractivity contribution in [1.29, 1.82) is 0 Å². The van der Waals surface area contributed by atoms with E-state index in [0.29, 0.717) is 18.8 Å². The summed E-state index contributed by atoms with van der Waals surface area (Å²) in [4.78, 5) is 25.9. The van der Waals surface area contributed by atoms with Crippen LogP contribution in [0.4, 0.5) is 11.4 Å². The maximum atomic E-state index is 12.5. The van der Waals surface area contributed by atoms with Crippen molar-refractivity contribution in [3.05, 3.63) is 54.1 Å². The summed E-state index contributed by atoms with van der Waals surface area (Å²) in [5.41, 5.74) is 2.58. The van der Waals surface area contributed by atoms with Gasteiger partial charge in [0.1, 0.15) is 11.1 Å². The van der Waals surface area contributed by atoms with Gasteiger partial charge in [-0.25, -0.2) is 0 Å². The van der Waals surface area contributed by atoms with Crippen LogP contribution in [0.3, 0.4) is 0 Å². The highest BCUT2D eigenvalue weighted by atomic mass is 32.2. The fourth-order valence-electron chi connectivity index (χ4n) is 2.84. The second-order valence-corrected chi connectivity index (χ2v) is 6.95. The molecule has 1 saturated heterocycles. The summed E-state index contributed by atoms with van der Waals surface area (Å²) in [6.07, 6.45) is 0.430. The Balaban J connectivity index is 1.85. The smallest absolute Gasteiger partial charge is 0.238 e. The number of ether oxygens (including phenoxy) is 1. The molecule has 26 heavy (non-hydrogen) atoms. The lowest BCUT2D eigenvalue weighted by molar-refractivity contribution is -0.116. The lowest BCUT2D eigenvalue weighted by Crippen LogP contribution is -2.27. The van der Waals surface area contributed by atoms with Gasteiger partial charge in [0.05, 0.1) is 12.4 Å². The molecule has 1 unspecified atom stereocenters. The molecule has 5 nitrogen and oxygen atoms in total. The topological polar surface area (TPSA) is 58.6 Å². The Morgan fingerprint density at radius 1 is 1.23 bits per heavy atom. The van der Waals surface area contributed by atoms with Crippen molar-refractivity contribution in [3.63, 3.8) is 0 Å². The van der Waals surface area contributed by atoms with Crippen LogP contribution in [0.25, 0.3) is 0 Å². The molecule has 1 N–H and O–H groups in total. The van der Waals surface area contributed by atoms with Gasteiger partial charge in [0.2, 0.25) is 11.8 Å². The Hall–Kier alpha value is -2.47. The molecule has 6 heteroatoms. The van der Waals surface area contributed by atoms with E-state index in [2.05, 4.69) is 5.32 Å². The van der Waals surface area contributed by atoms with E-state index in [1.54, 1.807) is 16.7 Å². The zero-order chi connectivity index (χ0) is 18.5. The van der Waals surface area contributed by atoms with Crippen molar-refractivity contribution in [3.8, 4) is 5.75 Å². The molecule has 3 rings (SSSR count). The molecule has 2 amide bonds. The average Bonchev–Trinajstić information content (AvgIpc) is 3.04. The highest BCUT2D eigenvalue weighted by molar-refractivity contribution is 8.00. The van der Waals surface area contributed by atoms with Crippen molar-refractivity contribution >= 4 is 35.0 Å². The van der Waals surface area contributed by atoms with Crippen LogP contribution in [-0.4, -0.2) is 24.2 Å². The van der Waals surface area contributed by atoms with Gasteiger partial charge in [-0.05, 0) is 48.9 Å². The lowest BCUT2D eigenvalue weighted by atomic mass is 10.1. The maximum Gasteiger partial charge on any atom is 0.238 e. The summed E-state index contributed by atoms with van der Waals surface area (Å²) in [5, 5.41) is 2.76. The first-order valence-electron chi connectivity index (χ1n) is 8.68. The van der Waals surface area contributed by atoms with Crippen LogP contribution in [0, 0.1) is 0 Å². The van der Waals surface area contributed by atoms with Crippen molar-refractivity contribution < 1.29 is 14.3 Å². The largest absolute Gasteiger partial charge is 0.494 e. The van der Waals surface area contributed by atoms with Gasteiger partial charge in [-0.1, -0.05) is 19.1 Å². The molecule has 1 heterocycles. The number of hydrogen-bond acceptors (Lipinski definition) is 4. The molecule has 0 aromatic heterocycles. The Labute approximate surface area is 157 Å². The SMILES string of the molecule is CCOc1ccc(N2C(=O)CSC2c2cccc(NC(=O)CC)c2)cc1. The number of thioether (sulfide) groups is 1. The minimum Gasteiger partial charge on any atom is -0.494 e. The lowest BCUT2D eigenvalue weighted by Gasteiger charge is -2.25. The molecule has 0 bridgehead atoms. The summed E-state index contributed by atoms with van der Waals surface area (Å²) < 4.78 is 5.48. The molecule has 1 fully saturated rings. The predicted octanol–water partition coefficient (Wildman–Crippen LogP) is 4.21. The van der Waals surface area contributed by atoms with E-state index in [1.807, 2.05) is 62.4 Å². The molecule has 136 valence electrons. The number of nitrogens with zero attached hydrogens (tertiary/aromatic N) is 1. The zero-order valence-corrected chi connectivity index (χ0v) is 15.7. The van der Waals surface area contributed by atoms with Crippen molar-refractivity contribution in [2.45, 2.75) is 25.6 Å². The van der Waals surface area contributed by atoms with Crippen LogP contribution in [-0.2, 0) is 9.59 Å². The van der Waals surface area contributed by atoms with Gasteiger partial charge in [0.15, 0.2) is 0 Å². The summed E-state index contributed by atoms with van der Waals surface area (Å²) in [7, 11) is 0. The standard InChI is InChI=1S/C20H22N2O3S/c1-3-18(23)21-15-7-5-6-14(12-15)20-22(19(24)13-26-20)16-8-10-17(11-9-16)25-4-2/h5-12,20H,3-4,13H2,1-2H3,(H,21,23). The fraction of sp³-hybridized carbons (Fsp3) is 0.300. The number of carbonyl (C=O) groups excluding carboxylic acids is 2. The highest BCUT2D eigenvalue weighted by Gasteiger charge is 2.34. The quantitative estimate of drug-likeness (QED) is 0.827. The Kier molecular flexibility index (Phi) is 5.83. The number of hydrogen-bond donors (Lipinski definition) is 1. The molecule has 0 spiro atoms. The normalized spacial score (nSPS) is 16.6. The second kappa shape index (κ2) is 8.27. The minimum atomic E-state index is -0.112. The molecule has 0 radical (unpaired) electrons. The first-order valence-corrected chi connectivity index (χ1v) is 9.73. The summed E-state index contributed by atoms with van der Waals surface area (Å²) in [6, 6.07) is 15.3. The van der Waals surface area contributed by atoms with Gasteiger partial charge in [-0.15, -0.1) is 11.8 Å². The summed E-state index contributed by atoms with van der Waals surface area (Å²) in [5.74, 6) is 1.27. The molecular weight excluding hydrogens is 348 g/mol. The van der Waals surface area contributed by atoms with E-state index in [-0.39, 0.29) is 17.2 Å². The monoisotopic (exact) mass is 370 g/mol. The van der Waals surface area contributed by atoms with Crippen LogP contribution in [0.5, 0.6) is 5.75 Å². The first-order chi connectivity index (χ1) is 12.6. The van der Waals surface area contributed by atoms with E-state index in [9.17, 15) is 9.59 Å². The Bertz CT molecular complexity index is 792. The first kappa shape index (κ1) is 18.3. The third-order valence-electron chi connectivity index (χ3n) is 4.07. The van der Waals surface area contributed by atoms with Gasteiger partial charge in [0.25, 0.3) is 0 Å². The summed E-state index contributed by atoms with van der Waals surface area (Å²) >= 11 is 1.59. The number of nitrogens with one attached hydrogen (secondary N) is 1. The zero-order valence-electron chi connectivity index (χ0n) is 14.9. The third-order valence-corrected chi connectivity index (χ3v) is 5.28. The molecular formula is C20H22N2O3S. The molecule has 1 atom stereocenters. The molecule has 1 aliphatic rings. The van der Waals surface area contributed by atoms with Crippen molar-refractivity contribution in [2.75, 3.05) is 22.6 Å². The maximum absolute atomic E-state index is 12.5. The molecule has 0 aliphatic carbocycles. The Morgan fingerprint density at radius 2 is 2.00 bits per heavy atom. The molecule has 0 saturated carbocycles. The van der Waals surface area contributed by atoms with Crippen LogP contribution in [0.1, 0.15) is 31.2 Å². The average molecular weight is 370 g/mol. The number of anilines is 2. The Morgan fingerprint density at radius 3 is 2.69 bits per heavy atom. The van der Waals surface area contributed by atoms with E-state index < -0.39 is 0 Å². The molecule has 1 aliphatic heterocycles. The van der Waals surface area contributed by atoms with Gasteiger partial charge >= 0.3 is 0 Å². The van der Waals surface area contributed by atoms with E-state index in [1.165, 1.54) is 0 Å². The van der Waals surface area contributed by atoms with E-state index in [0.717, 1.165) is 22.7 Å². The van der Waals surface area contributed by atoms with Gasteiger partial charge in [-0.3, -0.25) is 14.5 Å². The van der Waals surface area contributed by atoms with Gasteiger partial charge < -0.3 is 10.1 Å². The molecule has 2 aromatic carbocycles. The van der Waals surface area contributed by atoms with Crippen molar-refractivity contribution in [1.82, 2.24) is 0 Å². The van der Waals surface area contributed by atoms with Crippen LogP contribution in [0.2, 0.25) is 0 Å². The molecule has 2 aromatic rings. The fourth-order valence-corrected chi connectivity index (χ4v) is 4.01. The van der Waals surface area contributed by atoms with Crippen LogP contribution >= 0.6 is 11.8 Å². The summed E-state index contributed by atoms with van der Waals surface area (Å²) in [6.45, 7) is 4.37. The number of benzene rings is 2. The van der Waals surface area contributed by atoms with Crippen LogP contribution in [0.15, 0.2) is 48.5 Å². The second-order valence-electron chi connectivity index (χ2n) is 5.88.